The van der Waals surface area contributed by atoms with Crippen molar-refractivity contribution in [3.8, 4) is 0 Å². The summed E-state index contributed by atoms with van der Waals surface area (Å²) >= 11 is 3.18. The number of fused-ring (bicyclic) bond motifs is 8. The van der Waals surface area contributed by atoms with Crippen molar-refractivity contribution in [1.82, 2.24) is 10.2 Å². The van der Waals surface area contributed by atoms with Crippen molar-refractivity contribution in [1.29, 1.82) is 0 Å². The topological polar surface area (TPSA) is 89.9 Å². The number of allylic oxidation sites excluding steroid dienone is 2. The molecule has 7 rings (SSSR count). The smallest absolute Gasteiger partial charge is 0.317 e. The van der Waals surface area contributed by atoms with Crippen molar-refractivity contribution in [2.24, 2.45) is 5.41 Å². The molecule has 3 aliphatic rings. The lowest BCUT2D eigenvalue weighted by molar-refractivity contribution is -0.0769. The first-order valence-electron chi connectivity index (χ1n) is 18.4. The first kappa shape index (κ1) is 37.2. The second-order valence-electron chi connectivity index (χ2n) is 15.0. The zero-order valence-electron chi connectivity index (χ0n) is 30.4. The lowest BCUT2D eigenvalue weighted by atomic mass is 9.64. The Hall–Kier alpha value is -3.56. The number of rotatable bonds is 9. The molecule has 3 aliphatic carbocycles. The monoisotopic (exact) mass is 724 g/mol. The number of ketones is 1. The first-order chi connectivity index (χ1) is 24.5. The minimum atomic E-state index is -1.20. The standard InChI is InChI=1S/C43H52N2O4S2/c1-29-10-8-22-42(4)38(36-18-16-32(26-34(46)17-14-29)27-37(36)40(47)39-19-15-30(2)51-39)20-23-43(42,49)28-45(24-21-35-13-9-25-50-35)41(48)44-31(3)33-11-6-5-7-12-33/h5-7,9-13,15-16,18-19,25,27,31,34,38,46,49H,8,14,17,20-24,26,28H2,1-4H3,(H,44,48). The summed E-state index contributed by atoms with van der Waals surface area (Å²) in [5, 5.41) is 29.3. The highest BCUT2D eigenvalue weighted by atomic mass is 32.1. The van der Waals surface area contributed by atoms with Crippen LogP contribution in [0, 0.1) is 12.3 Å². The van der Waals surface area contributed by atoms with Gasteiger partial charge in [0.2, 0.25) is 5.78 Å². The van der Waals surface area contributed by atoms with Crippen LogP contribution in [0.5, 0.6) is 0 Å². The number of nitrogens with one attached hydrogen (secondary N) is 1. The molecule has 0 spiro atoms. The van der Waals surface area contributed by atoms with Gasteiger partial charge < -0.3 is 20.4 Å². The fraction of sp³-hybridized carbons (Fsp3) is 0.442. The van der Waals surface area contributed by atoms with Gasteiger partial charge in [0.1, 0.15) is 0 Å². The number of amides is 2. The fourth-order valence-electron chi connectivity index (χ4n) is 8.26. The van der Waals surface area contributed by atoms with Crippen molar-refractivity contribution >= 4 is 34.5 Å². The summed E-state index contributed by atoms with van der Waals surface area (Å²) in [6, 6.07) is 23.7. The van der Waals surface area contributed by atoms with Gasteiger partial charge in [-0.1, -0.05) is 67.1 Å². The summed E-state index contributed by atoms with van der Waals surface area (Å²) in [6.07, 6.45) is 7.06. The van der Waals surface area contributed by atoms with Gasteiger partial charge in [-0.3, -0.25) is 4.79 Å². The number of aliphatic hydroxyl groups is 2. The Bertz CT molecular complexity index is 1830. The molecule has 5 atom stereocenters. The second kappa shape index (κ2) is 16.0. The molecule has 2 aromatic carbocycles. The van der Waals surface area contributed by atoms with Gasteiger partial charge in [-0.25, -0.2) is 4.79 Å². The van der Waals surface area contributed by atoms with Gasteiger partial charge >= 0.3 is 6.03 Å². The Labute approximate surface area is 311 Å². The van der Waals surface area contributed by atoms with Crippen LogP contribution in [0.4, 0.5) is 4.79 Å². The molecule has 51 heavy (non-hydrogen) atoms. The SMILES string of the molecule is CC1=CCCC2(C)C(CCC2(O)CN(CCc2cccs2)C(=O)NC(C)c2ccccc2)c2ccc(cc2C(=O)c2ccc(C)s2)CC(O)CC1. The largest absolute Gasteiger partial charge is 0.393 e. The first-order valence-corrected chi connectivity index (χ1v) is 20.1. The van der Waals surface area contributed by atoms with Crippen LogP contribution in [0.2, 0.25) is 0 Å². The van der Waals surface area contributed by atoms with E-state index in [9.17, 15) is 19.8 Å². The highest BCUT2D eigenvalue weighted by Crippen LogP contribution is 2.59. The van der Waals surface area contributed by atoms with Crippen LogP contribution in [-0.4, -0.2) is 51.7 Å². The lowest BCUT2D eigenvalue weighted by Crippen LogP contribution is -2.56. The Morgan fingerprint density at radius 3 is 2.55 bits per heavy atom. The van der Waals surface area contributed by atoms with Crippen molar-refractivity contribution in [3.05, 3.63) is 127 Å². The molecule has 5 unspecified atom stereocenters. The lowest BCUT2D eigenvalue weighted by Gasteiger charge is -2.46. The molecular formula is C43H52N2O4S2. The van der Waals surface area contributed by atoms with Gasteiger partial charge in [-0.15, -0.1) is 22.7 Å². The van der Waals surface area contributed by atoms with Crippen molar-refractivity contribution in [3.63, 3.8) is 0 Å². The number of aryl methyl sites for hydroxylation is 1. The highest BCUT2D eigenvalue weighted by molar-refractivity contribution is 7.14. The van der Waals surface area contributed by atoms with Crippen molar-refractivity contribution in [2.45, 2.75) is 103 Å². The molecule has 2 aromatic heterocycles. The summed E-state index contributed by atoms with van der Waals surface area (Å²) < 4.78 is 0. The van der Waals surface area contributed by atoms with Crippen LogP contribution in [0.3, 0.4) is 0 Å². The number of hydrogen-bond acceptors (Lipinski definition) is 6. The normalized spacial score (nSPS) is 24.3. The number of aliphatic hydroxyl groups excluding tert-OH is 1. The van der Waals surface area contributed by atoms with E-state index in [-0.39, 0.29) is 30.3 Å². The zero-order valence-corrected chi connectivity index (χ0v) is 32.0. The molecule has 4 aromatic rings. The van der Waals surface area contributed by atoms with E-state index in [0.717, 1.165) is 34.4 Å². The third-order valence-electron chi connectivity index (χ3n) is 11.5. The maximum absolute atomic E-state index is 14.3. The van der Waals surface area contributed by atoms with Crippen LogP contribution in [0.1, 0.15) is 113 Å². The maximum atomic E-state index is 14.3. The maximum Gasteiger partial charge on any atom is 0.317 e. The molecular weight excluding hydrogens is 673 g/mol. The summed E-state index contributed by atoms with van der Waals surface area (Å²) in [5.74, 6) is -0.115. The molecule has 1 fully saturated rings. The minimum Gasteiger partial charge on any atom is -0.393 e. The third kappa shape index (κ3) is 8.41. The molecule has 3 N–H and O–H groups in total. The Kier molecular flexibility index (Phi) is 11.7. The number of urea groups is 1. The Balaban J connectivity index is 1.38. The van der Waals surface area contributed by atoms with Crippen LogP contribution >= 0.6 is 22.7 Å². The van der Waals surface area contributed by atoms with Crippen molar-refractivity contribution in [2.75, 3.05) is 13.1 Å². The molecule has 2 bridgehead atoms. The summed E-state index contributed by atoms with van der Waals surface area (Å²) in [6.45, 7) is 8.99. The van der Waals surface area contributed by atoms with E-state index in [1.54, 1.807) is 11.3 Å². The predicted octanol–water partition coefficient (Wildman–Crippen LogP) is 9.40. The van der Waals surface area contributed by atoms with Crippen molar-refractivity contribution < 1.29 is 19.8 Å². The zero-order chi connectivity index (χ0) is 36.2. The summed E-state index contributed by atoms with van der Waals surface area (Å²) in [5.41, 5.74) is 2.98. The van der Waals surface area contributed by atoms with Gasteiger partial charge in [-0.2, -0.15) is 0 Å². The second-order valence-corrected chi connectivity index (χ2v) is 17.3. The quantitative estimate of drug-likeness (QED) is 0.119. The third-order valence-corrected chi connectivity index (χ3v) is 13.4. The molecule has 0 aliphatic heterocycles. The van der Waals surface area contributed by atoms with Crippen LogP contribution in [0.25, 0.3) is 0 Å². The molecule has 0 radical (unpaired) electrons. The van der Waals surface area contributed by atoms with Gasteiger partial charge in [0.05, 0.1) is 29.2 Å². The fourth-order valence-corrected chi connectivity index (χ4v) is 9.78. The Morgan fingerprint density at radius 2 is 1.82 bits per heavy atom. The molecule has 2 heterocycles. The van der Waals surface area contributed by atoms with Crippen LogP contribution in [0.15, 0.2) is 89.8 Å². The molecule has 0 saturated heterocycles. The summed E-state index contributed by atoms with van der Waals surface area (Å²) in [4.78, 5) is 33.2. The Morgan fingerprint density at radius 1 is 1.02 bits per heavy atom. The predicted molar refractivity (Wildman–Crippen MR) is 209 cm³/mol. The average Bonchev–Trinajstić information content (AvgIpc) is 3.86. The number of hydrogen-bond donors (Lipinski definition) is 3. The van der Waals surface area contributed by atoms with Crippen LogP contribution < -0.4 is 5.32 Å². The average molecular weight is 725 g/mol. The molecule has 6 nitrogen and oxygen atoms in total. The molecule has 270 valence electrons. The molecule has 2 amide bonds. The molecule has 1 saturated carbocycles. The van der Waals surface area contributed by atoms with E-state index in [4.69, 9.17) is 0 Å². The van der Waals surface area contributed by atoms with Gasteiger partial charge in [0.25, 0.3) is 0 Å². The number of nitrogens with zero attached hydrogens (tertiary/aromatic N) is 1. The van der Waals surface area contributed by atoms with E-state index < -0.39 is 17.1 Å². The van der Waals surface area contributed by atoms with E-state index >= 15 is 0 Å². The number of thiophene rings is 2. The van der Waals surface area contributed by atoms with Gasteiger partial charge in [-0.05, 0) is 124 Å². The van der Waals surface area contributed by atoms with Gasteiger partial charge in [0.15, 0.2) is 0 Å². The van der Waals surface area contributed by atoms with Gasteiger partial charge in [0, 0.05) is 27.3 Å². The summed E-state index contributed by atoms with van der Waals surface area (Å²) in [7, 11) is 0. The molecule has 8 heteroatoms. The minimum absolute atomic E-state index is 0.00749. The highest BCUT2D eigenvalue weighted by Gasteiger charge is 2.57. The van der Waals surface area contributed by atoms with E-state index in [2.05, 4.69) is 48.8 Å². The number of benzene rings is 2. The van der Waals surface area contributed by atoms with Crippen LogP contribution in [-0.2, 0) is 12.8 Å². The number of carbonyl (C=O) groups excluding carboxylic acids is 2. The van der Waals surface area contributed by atoms with E-state index in [0.29, 0.717) is 55.5 Å². The van der Waals surface area contributed by atoms with E-state index in [1.807, 2.05) is 73.3 Å². The number of carbonyl (C=O) groups is 2. The van der Waals surface area contributed by atoms with E-state index in [1.165, 1.54) is 21.8 Å².